The minimum atomic E-state index is 0.829. The number of nitrogens with zero attached hydrogens (tertiary/aromatic N) is 6. The van der Waals surface area contributed by atoms with E-state index in [0.717, 1.165) is 67.6 Å². The van der Waals surface area contributed by atoms with Crippen molar-refractivity contribution in [2.45, 2.75) is 19.3 Å². The maximum atomic E-state index is 4.87. The SMILES string of the molecule is CN1CCN(c2ccc(Nc3cc(N4CCCCC4)nc4cccnc34)nc2)CC1. The highest BCUT2D eigenvalue weighted by atomic mass is 15.3. The number of nitrogens with one attached hydrogen (secondary N) is 1. The van der Waals surface area contributed by atoms with Gasteiger partial charge >= 0.3 is 0 Å². The van der Waals surface area contributed by atoms with Crippen LogP contribution in [0.1, 0.15) is 19.3 Å². The molecule has 2 saturated heterocycles. The van der Waals surface area contributed by atoms with Crippen molar-refractivity contribution < 1.29 is 0 Å². The Morgan fingerprint density at radius 1 is 0.867 bits per heavy atom. The molecule has 2 aliphatic heterocycles. The molecule has 1 N–H and O–H groups in total. The Hall–Kier alpha value is -2.93. The summed E-state index contributed by atoms with van der Waals surface area (Å²) in [6, 6.07) is 10.3. The number of hydrogen-bond acceptors (Lipinski definition) is 7. The first-order chi connectivity index (χ1) is 14.8. The number of fused-ring (bicyclic) bond motifs is 1. The molecule has 3 aromatic rings. The molecular weight excluding hydrogens is 374 g/mol. The Kier molecular flexibility index (Phi) is 5.36. The van der Waals surface area contributed by atoms with Crippen molar-refractivity contribution >= 4 is 34.0 Å². The highest BCUT2D eigenvalue weighted by molar-refractivity contribution is 5.91. The number of rotatable bonds is 4. The minimum Gasteiger partial charge on any atom is -0.368 e. The third kappa shape index (κ3) is 4.03. The summed E-state index contributed by atoms with van der Waals surface area (Å²) in [5, 5.41) is 3.50. The summed E-state index contributed by atoms with van der Waals surface area (Å²) in [6.07, 6.45) is 7.55. The molecule has 2 fully saturated rings. The van der Waals surface area contributed by atoms with Gasteiger partial charge in [0.25, 0.3) is 0 Å². The smallest absolute Gasteiger partial charge is 0.131 e. The van der Waals surface area contributed by atoms with Gasteiger partial charge in [0.1, 0.15) is 17.2 Å². The number of piperazine rings is 1. The Bertz CT molecular complexity index is 990. The van der Waals surface area contributed by atoms with Gasteiger partial charge in [-0.05, 0) is 50.6 Å². The van der Waals surface area contributed by atoms with Crippen LogP contribution in [0.2, 0.25) is 0 Å². The van der Waals surface area contributed by atoms with Crippen LogP contribution >= 0.6 is 0 Å². The van der Waals surface area contributed by atoms with Crippen LogP contribution in [0.15, 0.2) is 42.7 Å². The van der Waals surface area contributed by atoms with Crippen molar-refractivity contribution in [2.75, 3.05) is 61.4 Å². The topological polar surface area (TPSA) is 60.4 Å². The van der Waals surface area contributed by atoms with Crippen LogP contribution in [-0.4, -0.2) is 66.2 Å². The fraction of sp³-hybridized carbons (Fsp3) is 0.435. The molecule has 2 aliphatic rings. The van der Waals surface area contributed by atoms with Crippen molar-refractivity contribution in [3.05, 3.63) is 42.7 Å². The van der Waals surface area contributed by atoms with Crippen molar-refractivity contribution in [3.8, 4) is 0 Å². The van der Waals surface area contributed by atoms with E-state index >= 15 is 0 Å². The number of anilines is 4. The lowest BCUT2D eigenvalue weighted by Crippen LogP contribution is -2.44. The van der Waals surface area contributed by atoms with E-state index in [0.29, 0.717) is 0 Å². The zero-order valence-corrected chi connectivity index (χ0v) is 17.6. The first-order valence-corrected chi connectivity index (χ1v) is 10.9. The molecule has 0 spiro atoms. The number of aromatic nitrogens is 3. The standard InChI is InChI=1S/C23H29N7/c1-28-12-14-29(15-13-28)18-7-8-21(25-17-18)26-20-16-22(30-10-3-2-4-11-30)27-19-6-5-9-24-23(19)20/h5-9,16-17H,2-4,10-15H2,1H3,(H,25,26,27). The first kappa shape index (κ1) is 19.1. The average molecular weight is 404 g/mol. The molecule has 0 amide bonds. The lowest BCUT2D eigenvalue weighted by molar-refractivity contribution is 0.313. The molecule has 0 radical (unpaired) electrons. The quantitative estimate of drug-likeness (QED) is 0.715. The van der Waals surface area contributed by atoms with E-state index in [1.54, 1.807) is 0 Å². The summed E-state index contributed by atoms with van der Waals surface area (Å²) in [5.41, 5.74) is 3.93. The molecule has 0 aromatic carbocycles. The molecule has 30 heavy (non-hydrogen) atoms. The van der Waals surface area contributed by atoms with Crippen molar-refractivity contribution in [1.29, 1.82) is 0 Å². The van der Waals surface area contributed by atoms with Crippen LogP contribution in [0.4, 0.5) is 23.0 Å². The summed E-state index contributed by atoms with van der Waals surface area (Å²) in [6.45, 7) is 6.40. The van der Waals surface area contributed by atoms with Gasteiger partial charge in [0.2, 0.25) is 0 Å². The zero-order chi connectivity index (χ0) is 20.3. The van der Waals surface area contributed by atoms with E-state index in [1.807, 2.05) is 24.5 Å². The fourth-order valence-corrected chi connectivity index (χ4v) is 4.28. The van der Waals surface area contributed by atoms with Gasteiger partial charge in [-0.15, -0.1) is 0 Å². The normalized spacial score (nSPS) is 18.0. The summed E-state index contributed by atoms with van der Waals surface area (Å²) in [7, 11) is 2.17. The predicted molar refractivity (Wildman–Crippen MR) is 123 cm³/mol. The monoisotopic (exact) mass is 403 g/mol. The number of hydrogen-bond donors (Lipinski definition) is 1. The Morgan fingerprint density at radius 2 is 1.70 bits per heavy atom. The Morgan fingerprint density at radius 3 is 2.47 bits per heavy atom. The van der Waals surface area contributed by atoms with Gasteiger partial charge in [0.15, 0.2) is 0 Å². The molecular formula is C23H29N7. The number of piperidine rings is 1. The molecule has 0 saturated carbocycles. The van der Waals surface area contributed by atoms with Crippen LogP contribution in [0.5, 0.6) is 0 Å². The number of pyridine rings is 3. The van der Waals surface area contributed by atoms with E-state index in [1.165, 1.54) is 24.9 Å². The third-order valence-electron chi connectivity index (χ3n) is 6.11. The van der Waals surface area contributed by atoms with E-state index in [2.05, 4.69) is 55.2 Å². The van der Waals surface area contributed by atoms with Gasteiger partial charge in [-0.3, -0.25) is 4.98 Å². The van der Waals surface area contributed by atoms with Gasteiger partial charge in [0, 0.05) is 51.5 Å². The maximum Gasteiger partial charge on any atom is 0.131 e. The first-order valence-electron chi connectivity index (χ1n) is 10.9. The summed E-state index contributed by atoms with van der Waals surface area (Å²) in [5.74, 6) is 1.85. The van der Waals surface area contributed by atoms with E-state index in [4.69, 9.17) is 4.98 Å². The van der Waals surface area contributed by atoms with Crippen LogP contribution in [0, 0.1) is 0 Å². The van der Waals surface area contributed by atoms with Crippen molar-refractivity contribution in [2.24, 2.45) is 0 Å². The highest BCUT2D eigenvalue weighted by Crippen LogP contribution is 2.29. The van der Waals surface area contributed by atoms with Crippen LogP contribution in [-0.2, 0) is 0 Å². The number of likely N-dealkylation sites (N-methyl/N-ethyl adjacent to an activating group) is 1. The second kappa shape index (κ2) is 8.44. The largest absolute Gasteiger partial charge is 0.368 e. The van der Waals surface area contributed by atoms with Gasteiger partial charge in [0.05, 0.1) is 23.1 Å². The summed E-state index contributed by atoms with van der Waals surface area (Å²) >= 11 is 0. The molecule has 0 unspecified atom stereocenters. The molecule has 0 aliphatic carbocycles. The van der Waals surface area contributed by atoms with Crippen LogP contribution in [0.25, 0.3) is 11.0 Å². The summed E-state index contributed by atoms with van der Waals surface area (Å²) in [4.78, 5) is 21.3. The van der Waals surface area contributed by atoms with Crippen LogP contribution < -0.4 is 15.1 Å². The molecule has 0 atom stereocenters. The second-order valence-corrected chi connectivity index (χ2v) is 8.26. The Labute approximate surface area is 177 Å². The summed E-state index contributed by atoms with van der Waals surface area (Å²) < 4.78 is 0. The zero-order valence-electron chi connectivity index (χ0n) is 17.6. The highest BCUT2D eigenvalue weighted by Gasteiger charge is 2.17. The lowest BCUT2D eigenvalue weighted by atomic mass is 10.1. The second-order valence-electron chi connectivity index (χ2n) is 8.26. The molecule has 0 bridgehead atoms. The molecule has 7 nitrogen and oxygen atoms in total. The molecule has 7 heteroatoms. The van der Waals surface area contributed by atoms with Crippen molar-refractivity contribution in [1.82, 2.24) is 19.9 Å². The Balaban J connectivity index is 1.40. The van der Waals surface area contributed by atoms with Crippen molar-refractivity contribution in [3.63, 3.8) is 0 Å². The maximum absolute atomic E-state index is 4.87. The minimum absolute atomic E-state index is 0.829. The third-order valence-corrected chi connectivity index (χ3v) is 6.11. The van der Waals surface area contributed by atoms with E-state index in [-0.39, 0.29) is 0 Å². The lowest BCUT2D eigenvalue weighted by Gasteiger charge is -2.33. The van der Waals surface area contributed by atoms with Gasteiger partial charge < -0.3 is 20.0 Å². The molecule has 3 aromatic heterocycles. The molecule has 5 rings (SSSR count). The van der Waals surface area contributed by atoms with Gasteiger partial charge in [-0.1, -0.05) is 0 Å². The van der Waals surface area contributed by atoms with E-state index in [9.17, 15) is 0 Å². The predicted octanol–water partition coefficient (Wildman–Crippen LogP) is 3.51. The molecule has 5 heterocycles. The van der Waals surface area contributed by atoms with Gasteiger partial charge in [-0.2, -0.15) is 0 Å². The average Bonchev–Trinajstić information content (AvgIpc) is 2.81. The van der Waals surface area contributed by atoms with E-state index < -0.39 is 0 Å². The molecule has 156 valence electrons. The van der Waals surface area contributed by atoms with Crippen LogP contribution in [0.3, 0.4) is 0 Å². The van der Waals surface area contributed by atoms with Gasteiger partial charge in [-0.25, -0.2) is 9.97 Å². The fourth-order valence-electron chi connectivity index (χ4n) is 4.28.